The maximum absolute atomic E-state index is 10.4. The summed E-state index contributed by atoms with van der Waals surface area (Å²) in [6.45, 7) is 4.24. The van der Waals surface area contributed by atoms with Gasteiger partial charge in [0.2, 0.25) is 0 Å². The number of aromatic nitrogens is 2. The van der Waals surface area contributed by atoms with Gasteiger partial charge in [0.25, 0.3) is 0 Å². The van der Waals surface area contributed by atoms with E-state index in [-0.39, 0.29) is 24.5 Å². The summed E-state index contributed by atoms with van der Waals surface area (Å²) in [6, 6.07) is 2.79. The van der Waals surface area contributed by atoms with Crippen molar-refractivity contribution in [1.82, 2.24) is 15.3 Å². The van der Waals surface area contributed by atoms with Crippen LogP contribution in [0.2, 0.25) is 0 Å². The Kier molecular flexibility index (Phi) is 6.42. The van der Waals surface area contributed by atoms with Crippen molar-refractivity contribution >= 4 is 0 Å². The molecule has 5 heteroatoms. The smallest absolute Gasteiger partial charge is 0.131 e. The molecule has 0 bridgehead atoms. The second-order valence-electron chi connectivity index (χ2n) is 8.19. The van der Waals surface area contributed by atoms with Crippen LogP contribution in [0.4, 0.5) is 0 Å². The summed E-state index contributed by atoms with van der Waals surface area (Å²) in [5, 5.41) is 24.1. The first-order valence-electron chi connectivity index (χ1n) is 9.95. The van der Waals surface area contributed by atoms with E-state index >= 15 is 0 Å². The minimum Gasteiger partial charge on any atom is -0.396 e. The molecule has 5 nitrogen and oxygen atoms in total. The van der Waals surface area contributed by atoms with Crippen molar-refractivity contribution in [2.45, 2.75) is 82.9 Å². The summed E-state index contributed by atoms with van der Waals surface area (Å²) in [4.78, 5) is 9.06. The first-order chi connectivity index (χ1) is 12.1. The van der Waals surface area contributed by atoms with Crippen LogP contribution in [-0.4, -0.2) is 45.0 Å². The van der Waals surface area contributed by atoms with Crippen molar-refractivity contribution < 1.29 is 10.2 Å². The monoisotopic (exact) mass is 347 g/mol. The summed E-state index contributed by atoms with van der Waals surface area (Å²) in [5.74, 6) is 1.32. The molecular weight excluding hydrogens is 314 g/mol. The number of nitrogens with one attached hydrogen (secondary N) is 1. The van der Waals surface area contributed by atoms with Crippen LogP contribution in [0.25, 0.3) is 0 Å². The van der Waals surface area contributed by atoms with Crippen LogP contribution in [0.3, 0.4) is 0 Å². The van der Waals surface area contributed by atoms with Gasteiger partial charge >= 0.3 is 0 Å². The Morgan fingerprint density at radius 2 is 1.96 bits per heavy atom. The lowest BCUT2D eigenvalue weighted by Crippen LogP contribution is -2.43. The van der Waals surface area contributed by atoms with Crippen LogP contribution in [0, 0.1) is 11.8 Å². The van der Waals surface area contributed by atoms with Crippen LogP contribution >= 0.6 is 0 Å². The molecule has 0 spiro atoms. The molecule has 0 saturated heterocycles. The molecule has 1 heterocycles. The van der Waals surface area contributed by atoms with E-state index in [1.54, 1.807) is 0 Å². The van der Waals surface area contributed by atoms with Gasteiger partial charge in [0.1, 0.15) is 5.82 Å². The van der Waals surface area contributed by atoms with Gasteiger partial charge in [0.05, 0.1) is 6.10 Å². The first kappa shape index (κ1) is 18.7. The second-order valence-corrected chi connectivity index (χ2v) is 8.19. The molecule has 2 aliphatic rings. The minimum atomic E-state index is -0.428. The molecule has 0 radical (unpaired) electrons. The summed E-state index contributed by atoms with van der Waals surface area (Å²) >= 11 is 0. The number of hydrogen-bond donors (Lipinski definition) is 3. The highest BCUT2D eigenvalue weighted by Gasteiger charge is 2.42. The number of rotatable bonds is 6. The van der Waals surface area contributed by atoms with Crippen molar-refractivity contribution in [1.29, 1.82) is 0 Å². The van der Waals surface area contributed by atoms with E-state index in [1.165, 1.54) is 32.1 Å². The van der Waals surface area contributed by atoms with Crippen LogP contribution in [0.15, 0.2) is 12.3 Å². The Morgan fingerprint density at radius 3 is 2.64 bits per heavy atom. The molecule has 0 aliphatic heterocycles. The third kappa shape index (κ3) is 4.57. The molecule has 2 saturated carbocycles. The predicted molar refractivity (Wildman–Crippen MR) is 98.3 cm³/mol. The molecular formula is C20H33N3O2. The SMILES string of the molecule is CC(C)c1nccc(C[C@@H]2[C@@H](CO)[C@H](O)C[C@H]2NC2CCCCC2)n1. The van der Waals surface area contributed by atoms with Crippen LogP contribution < -0.4 is 5.32 Å². The van der Waals surface area contributed by atoms with Gasteiger partial charge in [0.15, 0.2) is 0 Å². The van der Waals surface area contributed by atoms with Crippen molar-refractivity contribution in [3.05, 3.63) is 23.8 Å². The molecule has 3 rings (SSSR count). The van der Waals surface area contributed by atoms with Gasteiger partial charge in [-0.2, -0.15) is 0 Å². The zero-order valence-corrected chi connectivity index (χ0v) is 15.6. The number of aliphatic hydroxyl groups is 2. The Labute approximate surface area is 151 Å². The second kappa shape index (κ2) is 8.56. The summed E-state index contributed by atoms with van der Waals surface area (Å²) < 4.78 is 0. The summed E-state index contributed by atoms with van der Waals surface area (Å²) in [6.07, 6.45) is 9.32. The Hall–Kier alpha value is -1.04. The third-order valence-electron chi connectivity index (χ3n) is 6.02. The lowest BCUT2D eigenvalue weighted by Gasteiger charge is -2.31. The van der Waals surface area contributed by atoms with Gasteiger partial charge in [-0.05, 0) is 37.7 Å². The fraction of sp³-hybridized carbons (Fsp3) is 0.800. The van der Waals surface area contributed by atoms with Crippen molar-refractivity contribution in [2.24, 2.45) is 11.8 Å². The summed E-state index contributed by atoms with van der Waals surface area (Å²) in [5.41, 5.74) is 1.02. The average Bonchev–Trinajstić information content (AvgIpc) is 2.90. The highest BCUT2D eigenvalue weighted by Crippen LogP contribution is 2.35. The fourth-order valence-corrected chi connectivity index (χ4v) is 4.55. The molecule has 0 aromatic carbocycles. The topological polar surface area (TPSA) is 78.3 Å². The van der Waals surface area contributed by atoms with Gasteiger partial charge in [-0.25, -0.2) is 9.97 Å². The third-order valence-corrected chi connectivity index (χ3v) is 6.02. The highest BCUT2D eigenvalue weighted by atomic mass is 16.3. The van der Waals surface area contributed by atoms with Crippen LogP contribution in [0.5, 0.6) is 0 Å². The Balaban J connectivity index is 1.72. The fourth-order valence-electron chi connectivity index (χ4n) is 4.55. The van der Waals surface area contributed by atoms with Crippen molar-refractivity contribution in [3.8, 4) is 0 Å². The van der Waals surface area contributed by atoms with E-state index in [0.29, 0.717) is 12.0 Å². The Bertz CT molecular complexity index is 545. The predicted octanol–water partition coefficient (Wildman–Crippen LogP) is 2.42. The number of hydrogen-bond acceptors (Lipinski definition) is 5. The van der Waals surface area contributed by atoms with E-state index < -0.39 is 6.10 Å². The molecule has 1 aromatic heterocycles. The van der Waals surface area contributed by atoms with Gasteiger partial charge in [0, 0.05) is 42.4 Å². The van der Waals surface area contributed by atoms with Crippen LogP contribution in [0.1, 0.15) is 69.8 Å². The van der Waals surface area contributed by atoms with E-state index in [9.17, 15) is 10.2 Å². The number of nitrogens with zero attached hydrogens (tertiary/aromatic N) is 2. The first-order valence-corrected chi connectivity index (χ1v) is 9.95. The van der Waals surface area contributed by atoms with E-state index in [1.807, 2.05) is 12.3 Å². The lowest BCUT2D eigenvalue weighted by atomic mass is 9.87. The van der Waals surface area contributed by atoms with Crippen molar-refractivity contribution in [3.63, 3.8) is 0 Å². The largest absolute Gasteiger partial charge is 0.396 e. The van der Waals surface area contributed by atoms with E-state index in [4.69, 9.17) is 4.98 Å². The summed E-state index contributed by atoms with van der Waals surface area (Å²) in [7, 11) is 0. The van der Waals surface area contributed by atoms with Gasteiger partial charge in [-0.3, -0.25) is 0 Å². The quantitative estimate of drug-likeness (QED) is 0.737. The number of aliphatic hydroxyl groups excluding tert-OH is 2. The van der Waals surface area contributed by atoms with E-state index in [0.717, 1.165) is 24.4 Å². The normalized spacial score (nSPS) is 30.9. The molecule has 0 unspecified atom stereocenters. The van der Waals surface area contributed by atoms with Gasteiger partial charge in [-0.1, -0.05) is 33.1 Å². The van der Waals surface area contributed by atoms with Crippen LogP contribution in [-0.2, 0) is 6.42 Å². The standard InChI is InChI=1S/C20H33N3O2/c1-13(2)20-21-9-8-15(23-20)10-16-17(12-24)19(25)11-18(16)22-14-6-4-3-5-7-14/h8-9,13-14,16-19,22,24-25H,3-7,10-12H2,1-2H3/t16-,17-,18-,19-/m1/s1. The molecule has 2 aliphatic carbocycles. The minimum absolute atomic E-state index is 0.0385. The molecule has 2 fully saturated rings. The van der Waals surface area contributed by atoms with Gasteiger partial charge in [-0.15, -0.1) is 0 Å². The highest BCUT2D eigenvalue weighted by molar-refractivity contribution is 5.09. The zero-order valence-electron chi connectivity index (χ0n) is 15.6. The molecule has 3 N–H and O–H groups in total. The molecule has 4 atom stereocenters. The molecule has 0 amide bonds. The van der Waals surface area contributed by atoms with Gasteiger partial charge < -0.3 is 15.5 Å². The molecule has 140 valence electrons. The molecule has 1 aromatic rings. The van der Waals surface area contributed by atoms with Crippen molar-refractivity contribution in [2.75, 3.05) is 6.61 Å². The zero-order chi connectivity index (χ0) is 17.8. The molecule has 25 heavy (non-hydrogen) atoms. The lowest BCUT2D eigenvalue weighted by molar-refractivity contribution is 0.0714. The Morgan fingerprint density at radius 1 is 1.20 bits per heavy atom. The van der Waals surface area contributed by atoms with E-state index in [2.05, 4.69) is 24.1 Å². The maximum atomic E-state index is 10.4. The average molecular weight is 348 g/mol. The maximum Gasteiger partial charge on any atom is 0.131 e.